The van der Waals surface area contributed by atoms with E-state index >= 15 is 0 Å². The molecule has 0 N–H and O–H groups in total. The van der Waals surface area contributed by atoms with Crippen molar-refractivity contribution >= 4 is 28.7 Å². The maximum Gasteiger partial charge on any atom is 0.168 e. The molecule has 0 saturated heterocycles. The summed E-state index contributed by atoms with van der Waals surface area (Å²) in [5.41, 5.74) is 1.17. The quantitative estimate of drug-likeness (QED) is 0.758. The van der Waals surface area contributed by atoms with Crippen molar-refractivity contribution in [3.63, 3.8) is 0 Å². The van der Waals surface area contributed by atoms with Crippen LogP contribution in [0.2, 0.25) is 5.02 Å². The van der Waals surface area contributed by atoms with Crippen molar-refractivity contribution < 1.29 is 9.18 Å². The standard InChI is InChI=1S/C12H8ClFOS/c13-11-2-1-9(14)6-10(11)12(15)5-8-3-4-16-7-8/h1-4,6-7H,5H2. The van der Waals surface area contributed by atoms with Crippen molar-refractivity contribution in [3.8, 4) is 0 Å². The highest BCUT2D eigenvalue weighted by atomic mass is 35.5. The summed E-state index contributed by atoms with van der Waals surface area (Å²) in [6.07, 6.45) is 0.257. The van der Waals surface area contributed by atoms with Gasteiger partial charge in [-0.3, -0.25) is 4.79 Å². The Labute approximate surface area is 101 Å². The van der Waals surface area contributed by atoms with E-state index in [-0.39, 0.29) is 17.8 Å². The minimum absolute atomic E-state index is 0.164. The van der Waals surface area contributed by atoms with Crippen LogP contribution in [0.4, 0.5) is 4.39 Å². The first-order chi connectivity index (χ1) is 7.66. The number of halogens is 2. The molecule has 82 valence electrons. The minimum atomic E-state index is -0.446. The van der Waals surface area contributed by atoms with Gasteiger partial charge in [0, 0.05) is 12.0 Å². The average Bonchev–Trinajstić information content (AvgIpc) is 2.74. The number of carbonyl (C=O) groups is 1. The molecule has 1 aromatic carbocycles. The Morgan fingerprint density at radius 1 is 1.38 bits per heavy atom. The van der Waals surface area contributed by atoms with Crippen LogP contribution in [-0.4, -0.2) is 5.78 Å². The van der Waals surface area contributed by atoms with Crippen LogP contribution in [-0.2, 0) is 6.42 Å². The third kappa shape index (κ3) is 2.49. The number of hydrogen-bond acceptors (Lipinski definition) is 2. The van der Waals surface area contributed by atoms with Crippen molar-refractivity contribution in [1.82, 2.24) is 0 Å². The number of benzene rings is 1. The van der Waals surface area contributed by atoms with Crippen LogP contribution in [0.15, 0.2) is 35.0 Å². The van der Waals surface area contributed by atoms with Crippen LogP contribution in [0.3, 0.4) is 0 Å². The molecule has 0 spiro atoms. The Kier molecular flexibility index (Phi) is 3.36. The second kappa shape index (κ2) is 4.76. The maximum atomic E-state index is 13.0. The van der Waals surface area contributed by atoms with Gasteiger partial charge in [0.2, 0.25) is 0 Å². The molecule has 0 unspecified atom stereocenters. The fraction of sp³-hybridized carbons (Fsp3) is 0.0833. The van der Waals surface area contributed by atoms with Crippen LogP contribution < -0.4 is 0 Å². The number of hydrogen-bond donors (Lipinski definition) is 0. The average molecular weight is 255 g/mol. The summed E-state index contributed by atoms with van der Waals surface area (Å²) >= 11 is 7.37. The maximum absolute atomic E-state index is 13.0. The molecule has 0 radical (unpaired) electrons. The Balaban J connectivity index is 2.24. The lowest BCUT2D eigenvalue weighted by atomic mass is 10.1. The Morgan fingerprint density at radius 2 is 2.19 bits per heavy atom. The van der Waals surface area contributed by atoms with E-state index in [1.165, 1.54) is 29.5 Å². The van der Waals surface area contributed by atoms with Crippen molar-refractivity contribution in [1.29, 1.82) is 0 Å². The van der Waals surface area contributed by atoms with Gasteiger partial charge < -0.3 is 0 Å². The number of ketones is 1. The van der Waals surface area contributed by atoms with E-state index in [0.29, 0.717) is 5.02 Å². The summed E-state index contributed by atoms with van der Waals surface area (Å²) in [4.78, 5) is 11.8. The molecule has 4 heteroatoms. The van der Waals surface area contributed by atoms with Gasteiger partial charge in [-0.2, -0.15) is 11.3 Å². The normalized spacial score (nSPS) is 10.4. The first-order valence-electron chi connectivity index (χ1n) is 4.66. The molecule has 0 amide bonds. The molecule has 0 bridgehead atoms. The largest absolute Gasteiger partial charge is 0.294 e. The smallest absolute Gasteiger partial charge is 0.168 e. The molecule has 0 saturated carbocycles. The number of rotatable bonds is 3. The zero-order chi connectivity index (χ0) is 11.5. The monoisotopic (exact) mass is 254 g/mol. The number of carbonyl (C=O) groups excluding carboxylic acids is 1. The topological polar surface area (TPSA) is 17.1 Å². The third-order valence-corrected chi connectivity index (χ3v) is 3.24. The van der Waals surface area contributed by atoms with Crippen LogP contribution in [0.5, 0.6) is 0 Å². The highest BCUT2D eigenvalue weighted by molar-refractivity contribution is 7.08. The summed E-state index contributed by atoms with van der Waals surface area (Å²) in [5.74, 6) is -0.610. The van der Waals surface area contributed by atoms with E-state index in [2.05, 4.69) is 0 Å². The predicted octanol–water partition coefficient (Wildman–Crippen LogP) is 3.97. The fourth-order valence-electron chi connectivity index (χ4n) is 1.39. The van der Waals surface area contributed by atoms with E-state index < -0.39 is 5.82 Å². The van der Waals surface area contributed by atoms with E-state index in [4.69, 9.17) is 11.6 Å². The van der Waals surface area contributed by atoms with Crippen molar-refractivity contribution in [2.45, 2.75) is 6.42 Å². The third-order valence-electron chi connectivity index (χ3n) is 2.17. The van der Waals surface area contributed by atoms with E-state index in [1.54, 1.807) is 0 Å². The van der Waals surface area contributed by atoms with E-state index in [1.807, 2.05) is 16.8 Å². The highest BCUT2D eigenvalue weighted by Gasteiger charge is 2.12. The molecule has 0 aliphatic carbocycles. The van der Waals surface area contributed by atoms with Crippen LogP contribution in [0.1, 0.15) is 15.9 Å². The van der Waals surface area contributed by atoms with Crippen LogP contribution in [0.25, 0.3) is 0 Å². The van der Waals surface area contributed by atoms with Crippen LogP contribution >= 0.6 is 22.9 Å². The lowest BCUT2D eigenvalue weighted by Crippen LogP contribution is -2.04. The van der Waals surface area contributed by atoms with Gasteiger partial charge in [-0.25, -0.2) is 4.39 Å². The second-order valence-corrected chi connectivity index (χ2v) is 4.54. The highest BCUT2D eigenvalue weighted by Crippen LogP contribution is 2.19. The second-order valence-electron chi connectivity index (χ2n) is 3.36. The first-order valence-corrected chi connectivity index (χ1v) is 5.98. The molecule has 1 aromatic heterocycles. The van der Waals surface area contributed by atoms with Gasteiger partial charge in [-0.1, -0.05) is 11.6 Å². The summed E-state index contributed by atoms with van der Waals surface area (Å²) in [6, 6.07) is 5.69. The summed E-state index contributed by atoms with van der Waals surface area (Å²) in [7, 11) is 0. The zero-order valence-corrected chi connectivity index (χ0v) is 9.82. The number of thiophene rings is 1. The Bertz CT molecular complexity index is 508. The molecule has 2 aromatic rings. The Morgan fingerprint density at radius 3 is 2.88 bits per heavy atom. The van der Waals surface area contributed by atoms with E-state index in [9.17, 15) is 9.18 Å². The van der Waals surface area contributed by atoms with Gasteiger partial charge in [0.05, 0.1) is 5.02 Å². The molecule has 1 nitrogen and oxygen atoms in total. The molecular weight excluding hydrogens is 247 g/mol. The molecule has 0 atom stereocenters. The lowest BCUT2D eigenvalue weighted by molar-refractivity contribution is 0.0993. The molecule has 16 heavy (non-hydrogen) atoms. The lowest BCUT2D eigenvalue weighted by Gasteiger charge is -2.02. The van der Waals surface area contributed by atoms with Crippen molar-refractivity contribution in [2.24, 2.45) is 0 Å². The summed E-state index contributed by atoms with van der Waals surface area (Å²) < 4.78 is 13.0. The predicted molar refractivity (Wildman–Crippen MR) is 63.8 cm³/mol. The minimum Gasteiger partial charge on any atom is -0.294 e. The SMILES string of the molecule is O=C(Cc1ccsc1)c1cc(F)ccc1Cl. The summed E-state index contributed by atoms with van der Waals surface area (Å²) in [6.45, 7) is 0. The van der Waals surface area contributed by atoms with Gasteiger partial charge in [-0.05, 0) is 40.6 Å². The van der Waals surface area contributed by atoms with Gasteiger partial charge in [0.15, 0.2) is 5.78 Å². The van der Waals surface area contributed by atoms with Gasteiger partial charge in [0.1, 0.15) is 5.82 Å². The first kappa shape index (κ1) is 11.3. The Hall–Kier alpha value is -1.19. The van der Waals surface area contributed by atoms with Crippen molar-refractivity contribution in [2.75, 3.05) is 0 Å². The van der Waals surface area contributed by atoms with Crippen molar-refractivity contribution in [3.05, 3.63) is 57.0 Å². The molecular formula is C12H8ClFOS. The molecule has 1 heterocycles. The zero-order valence-electron chi connectivity index (χ0n) is 8.24. The molecule has 0 aliphatic heterocycles. The molecule has 0 aliphatic rings. The number of Topliss-reactive ketones (excluding diaryl/α,β-unsaturated/α-hetero) is 1. The fourth-order valence-corrected chi connectivity index (χ4v) is 2.28. The van der Waals surface area contributed by atoms with Gasteiger partial charge in [0.25, 0.3) is 0 Å². The summed E-state index contributed by atoms with van der Waals surface area (Å²) in [5, 5.41) is 4.09. The molecule has 2 rings (SSSR count). The van der Waals surface area contributed by atoms with Gasteiger partial charge >= 0.3 is 0 Å². The van der Waals surface area contributed by atoms with Gasteiger partial charge in [-0.15, -0.1) is 0 Å². The molecule has 0 fully saturated rings. The van der Waals surface area contributed by atoms with Crippen LogP contribution in [0, 0.1) is 5.82 Å². The van der Waals surface area contributed by atoms with E-state index in [0.717, 1.165) is 5.56 Å².